The summed E-state index contributed by atoms with van der Waals surface area (Å²) in [4.78, 5) is 53.7. The number of β-amino-alcohol motifs (C(OH)–C–C–N with tert-alkyl or cyclic N) is 1. The minimum Gasteiger partial charge on any atom is -0.395 e. The van der Waals surface area contributed by atoms with Gasteiger partial charge in [-0.15, -0.1) is 0 Å². The van der Waals surface area contributed by atoms with Crippen LogP contribution in [0.2, 0.25) is 0 Å². The number of primary amides is 1. The third-order valence-corrected chi connectivity index (χ3v) is 6.74. The van der Waals surface area contributed by atoms with Gasteiger partial charge in [0, 0.05) is 56.0 Å². The highest BCUT2D eigenvalue weighted by Crippen LogP contribution is 2.27. The first-order valence-corrected chi connectivity index (χ1v) is 12.9. The van der Waals surface area contributed by atoms with Gasteiger partial charge in [-0.2, -0.15) is 9.97 Å². The summed E-state index contributed by atoms with van der Waals surface area (Å²) in [6, 6.07) is 12.2. The number of benzene rings is 2. The number of nitrogens with zero attached hydrogens (tertiary/aromatic N) is 6. The fraction of sp³-hybridized carbons (Fsp3) is 0.214. The van der Waals surface area contributed by atoms with Crippen LogP contribution in [-0.4, -0.2) is 80.7 Å². The number of anilines is 4. The molecule has 0 unspecified atom stereocenters. The maximum absolute atomic E-state index is 12.5. The van der Waals surface area contributed by atoms with Crippen LogP contribution < -0.4 is 26.8 Å². The van der Waals surface area contributed by atoms with Gasteiger partial charge in [-0.05, 0) is 42.5 Å². The van der Waals surface area contributed by atoms with E-state index in [2.05, 4.69) is 42.0 Å². The van der Waals surface area contributed by atoms with E-state index in [0.717, 1.165) is 18.8 Å². The van der Waals surface area contributed by atoms with Gasteiger partial charge in [0.1, 0.15) is 11.7 Å². The highest BCUT2D eigenvalue weighted by atomic mass is 16.3. The van der Waals surface area contributed by atoms with Crippen molar-refractivity contribution in [1.82, 2.24) is 24.4 Å². The van der Waals surface area contributed by atoms with Crippen LogP contribution in [0.15, 0.2) is 72.4 Å². The molecule has 41 heavy (non-hydrogen) atoms. The Morgan fingerprint density at radius 1 is 1.07 bits per heavy atom. The number of carbonyl (C=O) groups is 2. The second-order valence-corrected chi connectivity index (χ2v) is 9.37. The van der Waals surface area contributed by atoms with E-state index < -0.39 is 11.5 Å². The average Bonchev–Trinajstić information content (AvgIpc) is 2.98. The summed E-state index contributed by atoms with van der Waals surface area (Å²) >= 11 is 0. The molecule has 13 heteroatoms. The van der Waals surface area contributed by atoms with Crippen LogP contribution in [0.5, 0.6) is 0 Å². The van der Waals surface area contributed by atoms with E-state index >= 15 is 0 Å². The lowest BCUT2D eigenvalue weighted by Gasteiger charge is -2.36. The van der Waals surface area contributed by atoms with Gasteiger partial charge in [-0.25, -0.2) is 4.98 Å². The molecular weight excluding hydrogens is 526 g/mol. The average molecular weight is 556 g/mol. The van der Waals surface area contributed by atoms with Crippen molar-refractivity contribution in [2.24, 2.45) is 5.73 Å². The van der Waals surface area contributed by atoms with Crippen molar-refractivity contribution in [3.63, 3.8) is 0 Å². The number of rotatable bonds is 9. The standard InChI is InChI=1S/C28H29N9O4/c1-2-24(39)32-18-4-3-5-20(14-18)37-17-31-27(41)22-16-30-28(34-26(22)37)33-19-6-7-23(21(15-19)25(29)40)36-10-8-35(9-11-36)12-13-38/h2-7,14-17,38H,1,8-13H2,(H2,29,40)(H,32,39)(H,30,33,34). The zero-order valence-electron chi connectivity index (χ0n) is 22.2. The monoisotopic (exact) mass is 555 g/mol. The van der Waals surface area contributed by atoms with E-state index in [9.17, 15) is 19.5 Å². The fourth-order valence-electron chi connectivity index (χ4n) is 4.69. The molecule has 2 aromatic heterocycles. The third kappa shape index (κ3) is 6.05. The number of nitrogens with two attached hydrogens (primary N) is 1. The summed E-state index contributed by atoms with van der Waals surface area (Å²) in [6.45, 7) is 7.12. The summed E-state index contributed by atoms with van der Waals surface area (Å²) < 4.78 is 1.61. The number of hydrogen-bond acceptors (Lipinski definition) is 10. The summed E-state index contributed by atoms with van der Waals surface area (Å²) in [5, 5.41) is 15.2. The smallest absolute Gasteiger partial charge is 0.283 e. The molecule has 0 saturated carbocycles. The van der Waals surface area contributed by atoms with Crippen LogP contribution in [0.1, 0.15) is 10.4 Å². The molecule has 2 aromatic carbocycles. The molecule has 5 rings (SSSR count). The van der Waals surface area contributed by atoms with Gasteiger partial charge in [0.25, 0.3) is 11.5 Å². The lowest BCUT2D eigenvalue weighted by molar-refractivity contribution is -0.111. The van der Waals surface area contributed by atoms with Gasteiger partial charge in [0.2, 0.25) is 11.9 Å². The summed E-state index contributed by atoms with van der Waals surface area (Å²) in [7, 11) is 0. The van der Waals surface area contributed by atoms with Crippen molar-refractivity contribution in [3.05, 3.63) is 83.6 Å². The quantitative estimate of drug-likeness (QED) is 0.220. The van der Waals surface area contributed by atoms with E-state index in [1.54, 1.807) is 41.0 Å². The van der Waals surface area contributed by atoms with Gasteiger partial charge in [-0.3, -0.25) is 23.9 Å². The Balaban J connectivity index is 1.45. The van der Waals surface area contributed by atoms with E-state index in [-0.39, 0.29) is 23.8 Å². The molecule has 0 radical (unpaired) electrons. The second kappa shape index (κ2) is 11.9. The Bertz CT molecular complexity index is 1680. The minimum atomic E-state index is -0.566. The van der Waals surface area contributed by atoms with Crippen LogP contribution in [0, 0.1) is 0 Å². The van der Waals surface area contributed by atoms with E-state index in [1.807, 2.05) is 6.07 Å². The molecule has 0 bridgehead atoms. The molecule has 5 N–H and O–H groups in total. The van der Waals surface area contributed by atoms with Gasteiger partial charge in [0.15, 0.2) is 5.65 Å². The Morgan fingerprint density at radius 2 is 1.88 bits per heavy atom. The van der Waals surface area contributed by atoms with Gasteiger partial charge in [0.05, 0.1) is 17.9 Å². The Morgan fingerprint density at radius 3 is 2.61 bits per heavy atom. The first-order chi connectivity index (χ1) is 19.9. The molecule has 210 valence electrons. The highest BCUT2D eigenvalue weighted by Gasteiger charge is 2.21. The van der Waals surface area contributed by atoms with Crippen LogP contribution >= 0.6 is 0 Å². The summed E-state index contributed by atoms with van der Waals surface area (Å²) in [5.41, 5.74) is 8.30. The lowest BCUT2D eigenvalue weighted by Crippen LogP contribution is -2.47. The van der Waals surface area contributed by atoms with Crippen molar-refractivity contribution < 1.29 is 14.7 Å². The molecule has 1 saturated heterocycles. The summed E-state index contributed by atoms with van der Waals surface area (Å²) in [6.07, 6.45) is 3.91. The number of piperazine rings is 1. The number of aromatic nitrogens is 4. The van der Waals surface area contributed by atoms with Crippen LogP contribution in [0.3, 0.4) is 0 Å². The van der Waals surface area contributed by atoms with E-state index in [4.69, 9.17) is 5.73 Å². The van der Waals surface area contributed by atoms with Crippen molar-refractivity contribution >= 4 is 45.9 Å². The largest absolute Gasteiger partial charge is 0.395 e. The SMILES string of the molecule is C=CC(=O)Nc1cccc(-n2cnc(=O)c3cnc(Nc4ccc(N5CCN(CCO)CC5)c(C(N)=O)c4)nc32)c1. The summed E-state index contributed by atoms with van der Waals surface area (Å²) in [5.74, 6) is -0.734. The Labute approximate surface area is 235 Å². The maximum Gasteiger partial charge on any atom is 0.283 e. The first-order valence-electron chi connectivity index (χ1n) is 12.9. The highest BCUT2D eigenvalue weighted by molar-refractivity contribution is 6.00. The molecule has 1 aliphatic heterocycles. The van der Waals surface area contributed by atoms with E-state index in [0.29, 0.717) is 47.9 Å². The Hall–Kier alpha value is -5.14. The molecule has 0 aliphatic carbocycles. The molecule has 13 nitrogen and oxygen atoms in total. The molecule has 0 spiro atoms. The molecule has 1 fully saturated rings. The first kappa shape index (κ1) is 27.4. The number of aliphatic hydroxyl groups excluding tert-OH is 1. The zero-order chi connectivity index (χ0) is 28.9. The maximum atomic E-state index is 12.5. The molecule has 2 amide bonds. The predicted octanol–water partition coefficient (Wildman–Crippen LogP) is 1.26. The number of fused-ring (bicyclic) bond motifs is 1. The molecule has 3 heterocycles. The zero-order valence-corrected chi connectivity index (χ0v) is 22.2. The topological polar surface area (TPSA) is 172 Å². The number of carbonyl (C=O) groups excluding carboxylic acids is 2. The number of aliphatic hydroxyl groups is 1. The van der Waals surface area contributed by atoms with Crippen LogP contribution in [0.4, 0.5) is 23.0 Å². The van der Waals surface area contributed by atoms with Crippen molar-refractivity contribution in [2.45, 2.75) is 0 Å². The molecule has 4 aromatic rings. The normalized spacial score (nSPS) is 13.6. The molecule has 0 atom stereocenters. The van der Waals surface area contributed by atoms with Gasteiger partial charge >= 0.3 is 0 Å². The van der Waals surface area contributed by atoms with Gasteiger partial charge < -0.3 is 26.4 Å². The van der Waals surface area contributed by atoms with Crippen molar-refractivity contribution in [3.8, 4) is 5.69 Å². The van der Waals surface area contributed by atoms with Gasteiger partial charge in [-0.1, -0.05) is 12.6 Å². The minimum absolute atomic E-state index is 0.108. The van der Waals surface area contributed by atoms with Crippen molar-refractivity contribution in [2.75, 3.05) is 54.9 Å². The predicted molar refractivity (Wildman–Crippen MR) is 156 cm³/mol. The second-order valence-electron chi connectivity index (χ2n) is 9.37. The molecular formula is C28H29N9O4. The lowest BCUT2D eigenvalue weighted by atomic mass is 10.1. The fourth-order valence-corrected chi connectivity index (χ4v) is 4.69. The number of amides is 2. The van der Waals surface area contributed by atoms with Crippen LogP contribution in [-0.2, 0) is 4.79 Å². The number of nitrogens with one attached hydrogen (secondary N) is 2. The van der Waals surface area contributed by atoms with Crippen molar-refractivity contribution in [1.29, 1.82) is 0 Å². The van der Waals surface area contributed by atoms with Crippen LogP contribution in [0.25, 0.3) is 16.7 Å². The Kier molecular flexibility index (Phi) is 7.99. The van der Waals surface area contributed by atoms with E-state index in [1.165, 1.54) is 18.6 Å². The third-order valence-electron chi connectivity index (χ3n) is 6.74. The molecule has 1 aliphatic rings. The number of hydrogen-bond donors (Lipinski definition) is 4.